The Morgan fingerprint density at radius 1 is 1.37 bits per heavy atom. The summed E-state index contributed by atoms with van der Waals surface area (Å²) in [5, 5.41) is 3.83. The maximum absolute atomic E-state index is 11.8. The Labute approximate surface area is 111 Å². The van der Waals surface area contributed by atoms with Gasteiger partial charge in [-0.1, -0.05) is 35.5 Å². The summed E-state index contributed by atoms with van der Waals surface area (Å²) < 4.78 is 10.1. The van der Waals surface area contributed by atoms with Crippen molar-refractivity contribution in [1.29, 1.82) is 0 Å². The Kier molecular flexibility index (Phi) is 4.18. The molecule has 1 heterocycles. The van der Waals surface area contributed by atoms with Gasteiger partial charge in [-0.05, 0) is 12.5 Å². The highest BCUT2D eigenvalue weighted by atomic mass is 16.6. The lowest BCUT2D eigenvalue weighted by Crippen LogP contribution is -2.27. The van der Waals surface area contributed by atoms with Gasteiger partial charge in [-0.15, -0.1) is 0 Å². The van der Waals surface area contributed by atoms with Gasteiger partial charge in [-0.25, -0.2) is 4.79 Å². The van der Waals surface area contributed by atoms with Gasteiger partial charge in [0.25, 0.3) is 0 Å². The molecule has 0 aliphatic rings. The Morgan fingerprint density at radius 2 is 2.11 bits per heavy atom. The molecule has 0 unspecified atom stereocenters. The first kappa shape index (κ1) is 13.1. The predicted molar refractivity (Wildman–Crippen MR) is 69.3 cm³/mol. The Morgan fingerprint density at radius 3 is 2.74 bits per heavy atom. The Bertz CT molecular complexity index is 537. The van der Waals surface area contributed by atoms with E-state index in [0.717, 1.165) is 11.3 Å². The molecule has 1 aromatic heterocycles. The summed E-state index contributed by atoms with van der Waals surface area (Å²) in [6.07, 6.45) is -0.385. The van der Waals surface area contributed by atoms with Crippen LogP contribution in [-0.4, -0.2) is 23.2 Å². The van der Waals surface area contributed by atoms with Crippen molar-refractivity contribution in [3.8, 4) is 0 Å². The van der Waals surface area contributed by atoms with Crippen LogP contribution in [0.2, 0.25) is 0 Å². The van der Waals surface area contributed by atoms with Gasteiger partial charge in [-0.3, -0.25) is 0 Å². The first-order valence-corrected chi connectivity index (χ1v) is 5.99. The summed E-state index contributed by atoms with van der Waals surface area (Å²) in [4.78, 5) is 13.2. The zero-order valence-corrected chi connectivity index (χ0v) is 11.0. The second-order valence-corrected chi connectivity index (χ2v) is 4.33. The molecule has 2 aromatic rings. The number of nitrogens with zero attached hydrogens (tertiary/aromatic N) is 2. The largest absolute Gasteiger partial charge is 0.445 e. The van der Waals surface area contributed by atoms with Gasteiger partial charge in [0.1, 0.15) is 18.1 Å². The van der Waals surface area contributed by atoms with Gasteiger partial charge >= 0.3 is 6.09 Å². The van der Waals surface area contributed by atoms with Gasteiger partial charge < -0.3 is 14.2 Å². The fraction of sp³-hybridized carbons (Fsp3) is 0.286. The number of carbonyl (C=O) groups is 1. The van der Waals surface area contributed by atoms with Crippen molar-refractivity contribution in [1.82, 2.24) is 10.1 Å². The molecule has 0 saturated carbocycles. The van der Waals surface area contributed by atoms with Crippen LogP contribution < -0.4 is 0 Å². The molecule has 0 radical (unpaired) electrons. The van der Waals surface area contributed by atoms with Crippen molar-refractivity contribution < 1.29 is 14.1 Å². The fourth-order valence-corrected chi connectivity index (χ4v) is 1.63. The molecule has 5 heteroatoms. The van der Waals surface area contributed by atoms with E-state index in [1.807, 2.05) is 37.3 Å². The van der Waals surface area contributed by atoms with Crippen LogP contribution in [0, 0.1) is 6.92 Å². The molecule has 0 aliphatic carbocycles. The highest BCUT2D eigenvalue weighted by Gasteiger charge is 2.12. The quantitative estimate of drug-likeness (QED) is 0.848. The van der Waals surface area contributed by atoms with Crippen LogP contribution in [0.3, 0.4) is 0 Å². The number of benzene rings is 1. The van der Waals surface area contributed by atoms with Crippen LogP contribution in [0.15, 0.2) is 40.9 Å². The lowest BCUT2D eigenvalue weighted by Gasteiger charge is -2.15. The minimum Gasteiger partial charge on any atom is -0.445 e. The van der Waals surface area contributed by atoms with E-state index in [4.69, 9.17) is 9.26 Å². The van der Waals surface area contributed by atoms with Crippen LogP contribution in [0.4, 0.5) is 4.79 Å². The second kappa shape index (κ2) is 6.04. The van der Waals surface area contributed by atoms with E-state index in [-0.39, 0.29) is 12.7 Å². The van der Waals surface area contributed by atoms with Gasteiger partial charge in [0.15, 0.2) is 0 Å². The molecule has 0 fully saturated rings. The molecular formula is C14H16N2O3. The standard InChI is InChI=1S/C14H16N2O3/c1-11-8-13(15-19-11)9-16(2)14(17)18-10-12-6-4-3-5-7-12/h3-8H,9-10H2,1-2H3. The average molecular weight is 260 g/mol. The van der Waals surface area contributed by atoms with E-state index in [9.17, 15) is 4.79 Å². The number of aromatic nitrogens is 1. The number of aryl methyl sites for hydroxylation is 1. The van der Waals surface area contributed by atoms with Gasteiger partial charge in [0.2, 0.25) is 0 Å². The summed E-state index contributed by atoms with van der Waals surface area (Å²) in [5.74, 6) is 0.723. The topological polar surface area (TPSA) is 55.6 Å². The lowest BCUT2D eigenvalue weighted by atomic mass is 10.2. The number of ether oxygens (including phenoxy) is 1. The number of hydrogen-bond acceptors (Lipinski definition) is 4. The highest BCUT2D eigenvalue weighted by Crippen LogP contribution is 2.07. The molecule has 0 saturated heterocycles. The minimum absolute atomic E-state index is 0.266. The minimum atomic E-state index is -0.385. The van der Waals surface area contributed by atoms with Crippen LogP contribution in [0.25, 0.3) is 0 Å². The first-order valence-electron chi connectivity index (χ1n) is 5.99. The molecule has 0 spiro atoms. The zero-order chi connectivity index (χ0) is 13.7. The third-order valence-corrected chi connectivity index (χ3v) is 2.59. The number of rotatable bonds is 4. The van der Waals surface area contributed by atoms with E-state index in [1.165, 1.54) is 4.90 Å². The Hall–Kier alpha value is -2.30. The molecular weight excluding hydrogens is 244 g/mol. The molecule has 0 atom stereocenters. The van der Waals surface area contributed by atoms with Crippen LogP contribution in [-0.2, 0) is 17.9 Å². The summed E-state index contributed by atoms with van der Waals surface area (Å²) in [6, 6.07) is 11.4. The molecule has 0 N–H and O–H groups in total. The van der Waals surface area contributed by atoms with Crippen molar-refractivity contribution in [2.45, 2.75) is 20.1 Å². The van der Waals surface area contributed by atoms with Crippen LogP contribution >= 0.6 is 0 Å². The summed E-state index contributed by atoms with van der Waals surface area (Å²) in [6.45, 7) is 2.44. The molecule has 19 heavy (non-hydrogen) atoms. The van der Waals surface area contributed by atoms with Crippen molar-refractivity contribution in [3.05, 3.63) is 53.4 Å². The summed E-state index contributed by atoms with van der Waals surface area (Å²) >= 11 is 0. The van der Waals surface area contributed by atoms with Crippen LogP contribution in [0.1, 0.15) is 17.0 Å². The van der Waals surface area contributed by atoms with Gasteiger partial charge in [0, 0.05) is 13.1 Å². The second-order valence-electron chi connectivity index (χ2n) is 4.33. The normalized spacial score (nSPS) is 10.2. The van der Waals surface area contributed by atoms with E-state index < -0.39 is 0 Å². The summed E-state index contributed by atoms with van der Waals surface area (Å²) in [7, 11) is 1.66. The van der Waals surface area contributed by atoms with Gasteiger partial charge in [-0.2, -0.15) is 0 Å². The molecule has 2 rings (SSSR count). The van der Waals surface area contributed by atoms with Gasteiger partial charge in [0.05, 0.1) is 6.54 Å². The maximum atomic E-state index is 11.8. The van der Waals surface area contributed by atoms with E-state index >= 15 is 0 Å². The molecule has 0 aliphatic heterocycles. The van der Waals surface area contributed by atoms with E-state index in [0.29, 0.717) is 12.2 Å². The van der Waals surface area contributed by atoms with Crippen LogP contribution in [0.5, 0.6) is 0 Å². The molecule has 100 valence electrons. The first-order chi connectivity index (χ1) is 9.15. The number of carbonyl (C=O) groups excluding carboxylic acids is 1. The zero-order valence-electron chi connectivity index (χ0n) is 11.0. The van der Waals surface area contributed by atoms with Crippen molar-refractivity contribution in [2.24, 2.45) is 0 Å². The Balaban J connectivity index is 1.82. The van der Waals surface area contributed by atoms with Crippen molar-refractivity contribution >= 4 is 6.09 Å². The molecule has 1 aromatic carbocycles. The third kappa shape index (κ3) is 3.84. The molecule has 1 amide bonds. The average Bonchev–Trinajstić information content (AvgIpc) is 2.82. The van der Waals surface area contributed by atoms with E-state index in [1.54, 1.807) is 13.1 Å². The highest BCUT2D eigenvalue weighted by molar-refractivity contribution is 5.67. The third-order valence-electron chi connectivity index (χ3n) is 2.59. The lowest BCUT2D eigenvalue weighted by molar-refractivity contribution is 0.102. The fourth-order valence-electron chi connectivity index (χ4n) is 1.63. The number of amides is 1. The van der Waals surface area contributed by atoms with E-state index in [2.05, 4.69) is 5.16 Å². The molecule has 5 nitrogen and oxygen atoms in total. The maximum Gasteiger partial charge on any atom is 0.410 e. The van der Waals surface area contributed by atoms with Crippen molar-refractivity contribution in [3.63, 3.8) is 0 Å². The smallest absolute Gasteiger partial charge is 0.410 e. The number of hydrogen-bond donors (Lipinski definition) is 0. The molecule has 0 bridgehead atoms. The predicted octanol–water partition coefficient (Wildman–Crippen LogP) is 2.75. The monoisotopic (exact) mass is 260 g/mol. The SMILES string of the molecule is Cc1cc(CN(C)C(=O)OCc2ccccc2)no1. The van der Waals surface area contributed by atoms with Crippen molar-refractivity contribution in [2.75, 3.05) is 7.05 Å². The summed E-state index contributed by atoms with van der Waals surface area (Å²) in [5.41, 5.74) is 1.66.